The quantitative estimate of drug-likeness (QED) is 0.489. The van der Waals surface area contributed by atoms with Gasteiger partial charge in [-0.05, 0) is 66.6 Å². The van der Waals surface area contributed by atoms with Crippen LogP contribution < -0.4 is 10.5 Å². The van der Waals surface area contributed by atoms with E-state index in [0.717, 1.165) is 36.0 Å². The Kier molecular flexibility index (Phi) is 5.83. The fraction of sp³-hybridized carbons (Fsp3) is 0.280. The molecule has 2 N–H and O–H groups in total. The number of hydrogen-bond acceptors (Lipinski definition) is 6. The Morgan fingerprint density at radius 3 is 2.82 bits per heavy atom. The number of carbonyl (C=O) groups excluding carboxylic acids is 1. The van der Waals surface area contributed by atoms with E-state index >= 15 is 0 Å². The van der Waals surface area contributed by atoms with Gasteiger partial charge in [0.25, 0.3) is 5.91 Å². The van der Waals surface area contributed by atoms with Gasteiger partial charge < -0.3 is 15.4 Å². The highest BCUT2D eigenvalue weighted by Gasteiger charge is 2.27. The number of nitrogen functional groups attached to an aromatic ring is 1. The topological polar surface area (TPSA) is 98.6 Å². The summed E-state index contributed by atoms with van der Waals surface area (Å²) in [7, 11) is 1.51. The standard InChI is InChI=1S/C25H25FN6O2/c1-34-23-21(12-19(14-28-23)18-8-10-32-22(13-18)29-25(27)30-32)24(33)31-9-2-3-17(15-31)11-16-4-6-20(26)7-5-16/h4-8,10,12-14,17H,2-3,9,11,15H2,1H3,(H2,27,30)/t17-/m0/s1. The maximum absolute atomic E-state index is 13.5. The normalized spacial score (nSPS) is 16.1. The Morgan fingerprint density at radius 1 is 1.21 bits per heavy atom. The number of halogens is 1. The monoisotopic (exact) mass is 460 g/mol. The molecule has 1 aliphatic rings. The number of nitrogens with two attached hydrogens (primary N) is 1. The zero-order chi connectivity index (χ0) is 23.7. The average Bonchev–Trinajstić information content (AvgIpc) is 3.24. The lowest BCUT2D eigenvalue weighted by atomic mass is 9.91. The van der Waals surface area contributed by atoms with E-state index in [-0.39, 0.29) is 17.7 Å². The number of methoxy groups -OCH3 is 1. The van der Waals surface area contributed by atoms with Crippen LogP contribution in [0, 0.1) is 11.7 Å². The first-order valence-corrected chi connectivity index (χ1v) is 11.2. The number of likely N-dealkylation sites (tertiary alicyclic amines) is 1. The SMILES string of the molecule is COc1ncc(-c2ccn3nc(N)nc3c2)cc1C(=O)N1CCC[C@@H](Cc2ccc(F)cc2)C1. The Labute approximate surface area is 196 Å². The first-order valence-electron chi connectivity index (χ1n) is 11.2. The van der Waals surface area contributed by atoms with Crippen molar-refractivity contribution in [3.05, 3.63) is 71.8 Å². The molecule has 4 aromatic rings. The van der Waals surface area contributed by atoms with Gasteiger partial charge in [-0.2, -0.15) is 4.98 Å². The predicted molar refractivity (Wildman–Crippen MR) is 126 cm³/mol. The van der Waals surface area contributed by atoms with Gasteiger partial charge in [0.2, 0.25) is 11.8 Å². The summed E-state index contributed by atoms with van der Waals surface area (Å²) in [6, 6.07) is 12.1. The molecule has 1 aliphatic heterocycles. The third kappa shape index (κ3) is 4.41. The van der Waals surface area contributed by atoms with E-state index in [1.54, 1.807) is 16.9 Å². The lowest BCUT2D eigenvalue weighted by Gasteiger charge is -2.33. The van der Waals surface area contributed by atoms with Crippen LogP contribution in [0.3, 0.4) is 0 Å². The molecule has 0 aliphatic carbocycles. The minimum absolute atomic E-state index is 0.109. The lowest BCUT2D eigenvalue weighted by molar-refractivity contribution is 0.0669. The van der Waals surface area contributed by atoms with Crippen molar-refractivity contribution in [3.8, 4) is 17.0 Å². The van der Waals surface area contributed by atoms with Gasteiger partial charge in [-0.1, -0.05) is 12.1 Å². The summed E-state index contributed by atoms with van der Waals surface area (Å²) in [5.41, 5.74) is 9.41. The van der Waals surface area contributed by atoms with E-state index in [1.165, 1.54) is 19.2 Å². The molecule has 1 fully saturated rings. The van der Waals surface area contributed by atoms with E-state index in [4.69, 9.17) is 10.5 Å². The van der Waals surface area contributed by atoms with Gasteiger partial charge >= 0.3 is 0 Å². The molecule has 0 radical (unpaired) electrons. The van der Waals surface area contributed by atoms with Crippen LogP contribution in [-0.2, 0) is 6.42 Å². The van der Waals surface area contributed by atoms with Gasteiger partial charge in [-0.15, -0.1) is 5.10 Å². The highest BCUT2D eigenvalue weighted by molar-refractivity contribution is 5.97. The van der Waals surface area contributed by atoms with Crippen molar-refractivity contribution in [1.29, 1.82) is 0 Å². The number of hydrogen-bond donors (Lipinski definition) is 1. The molecule has 3 aromatic heterocycles. The summed E-state index contributed by atoms with van der Waals surface area (Å²) in [5.74, 6) is 0.451. The molecule has 5 rings (SSSR count). The number of benzene rings is 1. The third-order valence-electron chi connectivity index (χ3n) is 6.21. The van der Waals surface area contributed by atoms with Crippen LogP contribution in [0.4, 0.5) is 10.3 Å². The van der Waals surface area contributed by atoms with Crippen LogP contribution in [0.5, 0.6) is 5.88 Å². The maximum Gasteiger partial charge on any atom is 0.259 e. The molecule has 9 heteroatoms. The van der Waals surface area contributed by atoms with Crippen LogP contribution in [0.15, 0.2) is 54.9 Å². The van der Waals surface area contributed by atoms with E-state index in [9.17, 15) is 9.18 Å². The van der Waals surface area contributed by atoms with E-state index in [1.807, 2.05) is 35.2 Å². The van der Waals surface area contributed by atoms with Gasteiger partial charge in [-0.25, -0.2) is 13.9 Å². The fourth-order valence-corrected chi connectivity index (χ4v) is 4.54. The van der Waals surface area contributed by atoms with Crippen molar-refractivity contribution >= 4 is 17.5 Å². The molecular weight excluding hydrogens is 435 g/mol. The number of fused-ring (bicyclic) bond motifs is 1. The zero-order valence-electron chi connectivity index (χ0n) is 18.8. The number of piperidine rings is 1. The summed E-state index contributed by atoms with van der Waals surface area (Å²) >= 11 is 0. The Hall–Kier alpha value is -4.01. The van der Waals surface area contributed by atoms with Crippen molar-refractivity contribution in [1.82, 2.24) is 24.5 Å². The average molecular weight is 461 g/mol. The van der Waals surface area contributed by atoms with E-state index in [0.29, 0.717) is 36.1 Å². The number of carbonyl (C=O) groups is 1. The summed E-state index contributed by atoms with van der Waals surface area (Å²) < 4.78 is 20.3. The Balaban J connectivity index is 1.39. The van der Waals surface area contributed by atoms with Gasteiger partial charge in [-0.3, -0.25) is 4.79 Å². The van der Waals surface area contributed by atoms with Crippen LogP contribution in [0.2, 0.25) is 0 Å². The smallest absolute Gasteiger partial charge is 0.259 e. The number of rotatable bonds is 5. The largest absolute Gasteiger partial charge is 0.480 e. The van der Waals surface area contributed by atoms with Crippen LogP contribution in [-0.4, -0.2) is 50.6 Å². The number of pyridine rings is 2. The second-order valence-electron chi connectivity index (χ2n) is 8.56. The number of anilines is 1. The second kappa shape index (κ2) is 9.09. The number of amides is 1. The van der Waals surface area contributed by atoms with E-state index < -0.39 is 0 Å². The summed E-state index contributed by atoms with van der Waals surface area (Å²) in [4.78, 5) is 24.0. The molecule has 0 spiro atoms. The van der Waals surface area contributed by atoms with Gasteiger partial charge in [0.1, 0.15) is 11.4 Å². The van der Waals surface area contributed by atoms with Crippen LogP contribution in [0.1, 0.15) is 28.8 Å². The molecule has 4 heterocycles. The molecule has 1 atom stereocenters. The summed E-state index contributed by atoms with van der Waals surface area (Å²) in [5, 5.41) is 4.09. The molecule has 0 bridgehead atoms. The molecule has 0 unspecified atom stereocenters. The highest BCUT2D eigenvalue weighted by atomic mass is 19.1. The van der Waals surface area contributed by atoms with Crippen molar-refractivity contribution in [2.45, 2.75) is 19.3 Å². The molecule has 174 valence electrons. The fourth-order valence-electron chi connectivity index (χ4n) is 4.54. The summed E-state index contributed by atoms with van der Waals surface area (Å²) in [6.07, 6.45) is 6.19. The first kappa shape index (κ1) is 21.8. The maximum atomic E-state index is 13.5. The number of nitrogens with zero attached hydrogens (tertiary/aromatic N) is 5. The van der Waals surface area contributed by atoms with Crippen molar-refractivity contribution in [3.63, 3.8) is 0 Å². The van der Waals surface area contributed by atoms with Gasteiger partial charge in [0, 0.05) is 31.0 Å². The highest BCUT2D eigenvalue weighted by Crippen LogP contribution is 2.28. The lowest BCUT2D eigenvalue weighted by Crippen LogP contribution is -2.40. The molecule has 1 saturated heterocycles. The number of ether oxygens (including phenoxy) is 1. The van der Waals surface area contributed by atoms with E-state index in [2.05, 4.69) is 15.1 Å². The van der Waals surface area contributed by atoms with Gasteiger partial charge in [0.05, 0.1) is 7.11 Å². The zero-order valence-corrected chi connectivity index (χ0v) is 18.8. The van der Waals surface area contributed by atoms with Crippen molar-refractivity contribution < 1.29 is 13.9 Å². The molecule has 8 nitrogen and oxygen atoms in total. The molecular formula is C25H25FN6O2. The van der Waals surface area contributed by atoms with Crippen LogP contribution >= 0.6 is 0 Å². The third-order valence-corrected chi connectivity index (χ3v) is 6.21. The van der Waals surface area contributed by atoms with Crippen molar-refractivity contribution in [2.24, 2.45) is 5.92 Å². The molecule has 1 aromatic carbocycles. The molecule has 1 amide bonds. The van der Waals surface area contributed by atoms with Crippen LogP contribution in [0.25, 0.3) is 16.8 Å². The number of aromatic nitrogens is 4. The van der Waals surface area contributed by atoms with Gasteiger partial charge in [0.15, 0.2) is 5.65 Å². The predicted octanol–water partition coefficient (Wildman–Crippen LogP) is 3.62. The van der Waals surface area contributed by atoms with Crippen molar-refractivity contribution in [2.75, 3.05) is 25.9 Å². The molecule has 34 heavy (non-hydrogen) atoms. The Bertz CT molecular complexity index is 1340. The Morgan fingerprint density at radius 2 is 2.03 bits per heavy atom. The summed E-state index contributed by atoms with van der Waals surface area (Å²) in [6.45, 7) is 1.31. The molecule has 0 saturated carbocycles. The first-order chi connectivity index (χ1) is 16.5. The second-order valence-corrected chi connectivity index (χ2v) is 8.56. The minimum Gasteiger partial charge on any atom is -0.480 e. The minimum atomic E-state index is -0.240.